The molecule has 1 aromatic rings. The molecule has 2 aliphatic rings. The maximum absolute atomic E-state index is 11.1. The van der Waals surface area contributed by atoms with E-state index in [1.807, 2.05) is 6.92 Å². The zero-order valence-corrected chi connectivity index (χ0v) is 18.1. The molecule has 7 nitrogen and oxygen atoms in total. The number of hydrogen-bond acceptors (Lipinski definition) is 6. The van der Waals surface area contributed by atoms with Crippen LogP contribution in [0.15, 0.2) is 17.7 Å². The molecule has 0 saturated heterocycles. The predicted octanol–water partition coefficient (Wildman–Crippen LogP) is 4.33. The Bertz CT molecular complexity index is 948. The van der Waals surface area contributed by atoms with Gasteiger partial charge < -0.3 is 19.5 Å². The molecule has 4 N–H and O–H groups in total. The van der Waals surface area contributed by atoms with Crippen LogP contribution < -0.4 is 4.18 Å². The van der Waals surface area contributed by atoms with Crippen molar-refractivity contribution in [1.29, 1.82) is 0 Å². The van der Waals surface area contributed by atoms with Gasteiger partial charge in [0.2, 0.25) is 0 Å². The molecule has 0 amide bonds. The average Bonchev–Trinajstić information content (AvgIpc) is 2.56. The fourth-order valence-electron chi connectivity index (χ4n) is 5.78. The summed E-state index contributed by atoms with van der Waals surface area (Å²) >= 11 is 0. The van der Waals surface area contributed by atoms with E-state index in [1.54, 1.807) is 0 Å². The van der Waals surface area contributed by atoms with E-state index in [4.69, 9.17) is 4.55 Å². The molecule has 2 aliphatic carbocycles. The van der Waals surface area contributed by atoms with E-state index in [2.05, 4.69) is 31.0 Å². The topological polar surface area (TPSA) is 124 Å². The lowest BCUT2D eigenvalue weighted by molar-refractivity contribution is -0.0370. The minimum absolute atomic E-state index is 0.00616. The van der Waals surface area contributed by atoms with Crippen molar-refractivity contribution < 1.29 is 32.5 Å². The lowest BCUT2D eigenvalue weighted by atomic mass is 9.48. The summed E-state index contributed by atoms with van der Waals surface area (Å²) < 4.78 is 35.5. The third-order valence-corrected chi connectivity index (χ3v) is 7.61. The quantitative estimate of drug-likeness (QED) is 0.244. The first-order valence-electron chi connectivity index (χ1n) is 9.86. The summed E-state index contributed by atoms with van der Waals surface area (Å²) in [6.45, 7) is 8.83. The molecule has 0 aliphatic heterocycles. The normalized spacial score (nSPS) is 29.1. The Kier molecular flexibility index (Phi) is 5.32. The smallest absolute Gasteiger partial charge is 0.446 e. The van der Waals surface area contributed by atoms with E-state index >= 15 is 0 Å². The summed E-state index contributed by atoms with van der Waals surface area (Å²) in [5.41, 5.74) is 1.23. The zero-order chi connectivity index (χ0) is 21.8. The van der Waals surface area contributed by atoms with Crippen molar-refractivity contribution in [2.45, 2.75) is 59.8 Å². The van der Waals surface area contributed by atoms with Gasteiger partial charge in [0.25, 0.3) is 0 Å². The van der Waals surface area contributed by atoms with Crippen LogP contribution in [0.2, 0.25) is 0 Å². The Morgan fingerprint density at radius 3 is 2.41 bits per heavy atom. The summed E-state index contributed by atoms with van der Waals surface area (Å²) in [4.78, 5) is 0. The van der Waals surface area contributed by atoms with Crippen LogP contribution >= 0.6 is 0 Å². The number of aromatic hydroxyl groups is 3. The highest BCUT2D eigenvalue weighted by molar-refractivity contribution is 7.81. The minimum atomic E-state index is -4.90. The summed E-state index contributed by atoms with van der Waals surface area (Å²) in [6, 6.07) is 0.764. The second kappa shape index (κ2) is 7.09. The van der Waals surface area contributed by atoms with Crippen LogP contribution in [-0.2, 0) is 16.8 Å². The molecule has 3 atom stereocenters. The average molecular weight is 427 g/mol. The Labute approximate surface area is 172 Å². The lowest BCUT2D eigenvalue weighted by Gasteiger charge is -2.57. The molecular formula is C21H30O7S. The first-order chi connectivity index (χ1) is 13.3. The monoisotopic (exact) mass is 426 g/mol. The van der Waals surface area contributed by atoms with Crippen LogP contribution in [0.5, 0.6) is 23.0 Å². The molecule has 0 radical (unpaired) electrons. The fourth-order valence-corrected chi connectivity index (χ4v) is 6.14. The van der Waals surface area contributed by atoms with Gasteiger partial charge in [-0.05, 0) is 55.3 Å². The van der Waals surface area contributed by atoms with Crippen molar-refractivity contribution >= 4 is 10.4 Å². The van der Waals surface area contributed by atoms with Crippen molar-refractivity contribution in [1.82, 2.24) is 0 Å². The SMILES string of the molecule is CC1=CCC2C(C)(C)CCCC2(C)C1Cc1c(O)c(O)cc(OS(=O)(=O)O)c1O. The van der Waals surface area contributed by atoms with Crippen LogP contribution in [-0.4, -0.2) is 28.3 Å². The first-order valence-corrected chi connectivity index (χ1v) is 11.2. The number of fused-ring (bicyclic) bond motifs is 1. The molecule has 1 fully saturated rings. The highest BCUT2D eigenvalue weighted by Crippen LogP contribution is 2.61. The molecule has 1 saturated carbocycles. The molecule has 0 heterocycles. The Hall–Kier alpha value is -1.93. The Morgan fingerprint density at radius 2 is 1.79 bits per heavy atom. The molecule has 0 spiro atoms. The number of phenolic OH excluding ortho intramolecular Hbond substituents is 3. The van der Waals surface area contributed by atoms with E-state index in [9.17, 15) is 23.7 Å². The number of allylic oxidation sites excluding steroid dienone is 2. The first kappa shape index (κ1) is 21.8. The van der Waals surface area contributed by atoms with Crippen molar-refractivity contribution in [2.24, 2.45) is 22.7 Å². The second-order valence-corrected chi connectivity index (χ2v) is 10.4. The molecular weight excluding hydrogens is 396 g/mol. The molecule has 3 rings (SSSR count). The van der Waals surface area contributed by atoms with Gasteiger partial charge in [-0.1, -0.05) is 38.8 Å². The van der Waals surface area contributed by atoms with Crippen LogP contribution in [0.25, 0.3) is 0 Å². The van der Waals surface area contributed by atoms with E-state index in [1.165, 1.54) is 0 Å². The summed E-state index contributed by atoms with van der Waals surface area (Å²) in [6.07, 6.45) is 6.61. The summed E-state index contributed by atoms with van der Waals surface area (Å²) in [7, 11) is -4.90. The lowest BCUT2D eigenvalue weighted by Crippen LogP contribution is -2.49. The zero-order valence-electron chi connectivity index (χ0n) is 17.3. The number of phenols is 3. The third-order valence-electron chi connectivity index (χ3n) is 7.22. The van der Waals surface area contributed by atoms with Gasteiger partial charge in [0.15, 0.2) is 23.0 Å². The van der Waals surface area contributed by atoms with Crippen LogP contribution in [0.4, 0.5) is 0 Å². The Morgan fingerprint density at radius 1 is 1.14 bits per heavy atom. The van der Waals surface area contributed by atoms with E-state index in [0.29, 0.717) is 5.92 Å². The summed E-state index contributed by atoms with van der Waals surface area (Å²) in [5.74, 6) is -1.96. The van der Waals surface area contributed by atoms with Crippen LogP contribution in [0.1, 0.15) is 58.9 Å². The predicted molar refractivity (Wildman–Crippen MR) is 108 cm³/mol. The molecule has 8 heteroatoms. The Balaban J connectivity index is 2.06. The van der Waals surface area contributed by atoms with E-state index < -0.39 is 33.4 Å². The number of benzene rings is 1. The standard InChI is InChI=1S/C21H30O7S/c1-12-6-7-17-20(2,3)8-5-9-21(17,4)14(12)10-13-18(23)15(22)11-16(19(13)24)28-29(25,26)27/h6,11,14,17,22-24H,5,7-10H2,1-4H3,(H,25,26,27). The van der Waals surface area contributed by atoms with Crippen LogP contribution in [0, 0.1) is 22.7 Å². The van der Waals surface area contributed by atoms with Gasteiger partial charge in [0, 0.05) is 11.6 Å². The van der Waals surface area contributed by atoms with Gasteiger partial charge in [0.1, 0.15) is 0 Å². The van der Waals surface area contributed by atoms with Crippen molar-refractivity contribution in [2.75, 3.05) is 0 Å². The summed E-state index contributed by atoms with van der Waals surface area (Å²) in [5, 5.41) is 31.0. The largest absolute Gasteiger partial charge is 0.504 e. The van der Waals surface area contributed by atoms with E-state index in [0.717, 1.165) is 37.3 Å². The number of rotatable bonds is 4. The van der Waals surface area contributed by atoms with Gasteiger partial charge in [-0.25, -0.2) is 0 Å². The molecule has 162 valence electrons. The van der Waals surface area contributed by atoms with Gasteiger partial charge in [-0.2, -0.15) is 8.42 Å². The van der Waals surface area contributed by atoms with E-state index in [-0.39, 0.29) is 28.7 Å². The van der Waals surface area contributed by atoms with Gasteiger partial charge in [0.05, 0.1) is 0 Å². The molecule has 29 heavy (non-hydrogen) atoms. The van der Waals surface area contributed by atoms with Crippen molar-refractivity contribution in [3.63, 3.8) is 0 Å². The van der Waals surface area contributed by atoms with Gasteiger partial charge in [-0.3, -0.25) is 4.55 Å². The highest BCUT2D eigenvalue weighted by atomic mass is 32.3. The van der Waals surface area contributed by atoms with Crippen LogP contribution in [0.3, 0.4) is 0 Å². The molecule has 0 bridgehead atoms. The maximum atomic E-state index is 11.1. The maximum Gasteiger partial charge on any atom is 0.446 e. The minimum Gasteiger partial charge on any atom is -0.504 e. The molecule has 0 aromatic heterocycles. The second-order valence-electron chi connectivity index (χ2n) is 9.42. The van der Waals surface area contributed by atoms with Gasteiger partial charge in [-0.15, -0.1) is 0 Å². The number of hydrogen-bond donors (Lipinski definition) is 4. The molecule has 1 aromatic carbocycles. The third kappa shape index (κ3) is 3.92. The fraction of sp³-hybridized carbons (Fsp3) is 0.619. The van der Waals surface area contributed by atoms with Crippen molar-refractivity contribution in [3.8, 4) is 23.0 Å². The van der Waals surface area contributed by atoms with Gasteiger partial charge >= 0.3 is 10.4 Å². The highest BCUT2D eigenvalue weighted by Gasteiger charge is 2.52. The molecule has 3 unspecified atom stereocenters. The van der Waals surface area contributed by atoms with Crippen molar-refractivity contribution in [3.05, 3.63) is 23.3 Å².